The van der Waals surface area contributed by atoms with E-state index in [0.717, 1.165) is 0 Å². The predicted octanol–water partition coefficient (Wildman–Crippen LogP) is 0.413. The molecule has 3 N–H and O–H groups in total. The summed E-state index contributed by atoms with van der Waals surface area (Å²) < 4.78 is 41.1. The Morgan fingerprint density at radius 1 is 1.11 bits per heavy atom. The van der Waals surface area contributed by atoms with Gasteiger partial charge in [-0.2, -0.15) is 0 Å². The first-order valence-electron chi connectivity index (χ1n) is 5.48. The Hall–Kier alpha value is -1.67. The van der Waals surface area contributed by atoms with Crippen LogP contribution in [-0.2, 0) is 10.0 Å². The molecule has 0 fully saturated rings. The molecule has 0 radical (unpaired) electrons. The summed E-state index contributed by atoms with van der Waals surface area (Å²) in [6.07, 6.45) is 0. The maximum absolute atomic E-state index is 11.6. The third kappa shape index (κ3) is 3.90. The van der Waals surface area contributed by atoms with Crippen molar-refractivity contribution in [3.8, 4) is 17.2 Å². The first kappa shape index (κ1) is 15.4. The Kier molecular flexibility index (Phi) is 5.25. The summed E-state index contributed by atoms with van der Waals surface area (Å²) in [5, 5.41) is 0. The summed E-state index contributed by atoms with van der Waals surface area (Å²) in [5.74, 6) is 0.968. The Bertz CT molecular complexity index is 505. The van der Waals surface area contributed by atoms with E-state index in [1.807, 2.05) is 0 Å². The minimum atomic E-state index is -3.48. The van der Waals surface area contributed by atoms with Crippen molar-refractivity contribution >= 4 is 15.7 Å². The van der Waals surface area contributed by atoms with Crippen LogP contribution < -0.4 is 24.7 Å². The highest BCUT2D eigenvalue weighted by atomic mass is 32.2. The van der Waals surface area contributed by atoms with Gasteiger partial charge in [-0.25, -0.2) is 8.42 Å². The normalized spacial score (nSPS) is 10.9. The predicted molar refractivity (Wildman–Crippen MR) is 72.6 cm³/mol. The fraction of sp³-hybridized carbons (Fsp3) is 0.455. The third-order valence-corrected chi connectivity index (χ3v) is 3.64. The first-order valence-corrected chi connectivity index (χ1v) is 7.13. The zero-order chi connectivity index (χ0) is 14.5. The first-order chi connectivity index (χ1) is 8.97. The van der Waals surface area contributed by atoms with Gasteiger partial charge in [-0.15, -0.1) is 0 Å². The number of anilines is 1. The molecule has 0 aliphatic heterocycles. The largest absolute Gasteiger partial charge is 0.493 e. The van der Waals surface area contributed by atoms with Gasteiger partial charge in [0, 0.05) is 18.7 Å². The summed E-state index contributed by atoms with van der Waals surface area (Å²) in [7, 11) is 0.897. The number of sulfonamides is 1. The monoisotopic (exact) mass is 290 g/mol. The van der Waals surface area contributed by atoms with Crippen molar-refractivity contribution in [2.24, 2.45) is 5.73 Å². The quantitative estimate of drug-likeness (QED) is 0.754. The molecule has 0 aromatic heterocycles. The molecule has 8 heteroatoms. The van der Waals surface area contributed by atoms with Gasteiger partial charge in [0.2, 0.25) is 15.8 Å². The van der Waals surface area contributed by atoms with Crippen molar-refractivity contribution < 1.29 is 22.6 Å². The Morgan fingerprint density at radius 2 is 1.63 bits per heavy atom. The van der Waals surface area contributed by atoms with Crippen molar-refractivity contribution in [1.82, 2.24) is 0 Å². The second-order valence-corrected chi connectivity index (χ2v) is 5.47. The molecule has 0 unspecified atom stereocenters. The lowest BCUT2D eigenvalue weighted by Gasteiger charge is -2.15. The van der Waals surface area contributed by atoms with Gasteiger partial charge in [0.15, 0.2) is 11.5 Å². The molecule has 0 aliphatic rings. The van der Waals surface area contributed by atoms with Crippen LogP contribution in [0.5, 0.6) is 17.2 Å². The number of methoxy groups -OCH3 is 3. The molecule has 0 atom stereocenters. The highest BCUT2D eigenvalue weighted by Gasteiger charge is 2.16. The van der Waals surface area contributed by atoms with Crippen LogP contribution in [0.25, 0.3) is 0 Å². The summed E-state index contributed by atoms with van der Waals surface area (Å²) in [5.41, 5.74) is 5.56. The minimum absolute atomic E-state index is 0.0414. The number of nitrogens with one attached hydrogen (secondary N) is 1. The Balaban J connectivity index is 3.16. The molecule has 0 heterocycles. The number of hydrogen-bond donors (Lipinski definition) is 2. The average Bonchev–Trinajstić information content (AvgIpc) is 2.36. The maximum Gasteiger partial charge on any atom is 0.233 e. The molecule has 19 heavy (non-hydrogen) atoms. The summed E-state index contributed by atoms with van der Waals surface area (Å²) in [6, 6.07) is 3.02. The van der Waals surface area contributed by atoms with E-state index in [0.29, 0.717) is 22.9 Å². The van der Waals surface area contributed by atoms with E-state index in [1.165, 1.54) is 33.5 Å². The molecule has 1 aromatic rings. The smallest absolute Gasteiger partial charge is 0.233 e. The van der Waals surface area contributed by atoms with Crippen LogP contribution in [0.4, 0.5) is 5.69 Å². The van der Waals surface area contributed by atoms with E-state index in [-0.39, 0.29) is 12.3 Å². The zero-order valence-corrected chi connectivity index (χ0v) is 11.9. The second-order valence-electron chi connectivity index (χ2n) is 3.62. The molecule has 1 aromatic carbocycles. The van der Waals surface area contributed by atoms with Crippen LogP contribution in [0.1, 0.15) is 0 Å². The molecule has 108 valence electrons. The second kappa shape index (κ2) is 6.48. The molecule has 0 spiro atoms. The summed E-state index contributed by atoms with van der Waals surface area (Å²) in [6.45, 7) is 0.0414. The lowest BCUT2D eigenvalue weighted by atomic mass is 10.2. The SMILES string of the molecule is COc1cc(NS(=O)(=O)CCN)cc(OC)c1OC. The summed E-state index contributed by atoms with van der Waals surface area (Å²) >= 11 is 0. The fourth-order valence-corrected chi connectivity index (χ4v) is 2.42. The van der Waals surface area contributed by atoms with Crippen LogP contribution in [0.3, 0.4) is 0 Å². The highest BCUT2D eigenvalue weighted by molar-refractivity contribution is 7.92. The van der Waals surface area contributed by atoms with Crippen molar-refractivity contribution in [2.45, 2.75) is 0 Å². The molecular weight excluding hydrogens is 272 g/mol. The number of nitrogens with two attached hydrogens (primary N) is 1. The Labute approximate surface area is 112 Å². The van der Waals surface area contributed by atoms with Crippen LogP contribution in [0, 0.1) is 0 Å². The lowest BCUT2D eigenvalue weighted by Crippen LogP contribution is -2.22. The van der Waals surface area contributed by atoms with Crippen molar-refractivity contribution in [3.63, 3.8) is 0 Å². The van der Waals surface area contributed by atoms with E-state index in [9.17, 15) is 8.42 Å². The maximum atomic E-state index is 11.6. The number of hydrogen-bond acceptors (Lipinski definition) is 6. The molecular formula is C11H18N2O5S. The van der Waals surface area contributed by atoms with Gasteiger partial charge in [-0.3, -0.25) is 4.72 Å². The molecule has 0 aliphatic carbocycles. The average molecular weight is 290 g/mol. The van der Waals surface area contributed by atoms with Gasteiger partial charge < -0.3 is 19.9 Å². The minimum Gasteiger partial charge on any atom is -0.493 e. The number of benzene rings is 1. The lowest BCUT2D eigenvalue weighted by molar-refractivity contribution is 0.325. The fourth-order valence-electron chi connectivity index (χ4n) is 1.53. The van der Waals surface area contributed by atoms with E-state index in [4.69, 9.17) is 19.9 Å². The van der Waals surface area contributed by atoms with Gasteiger partial charge in [0.1, 0.15) is 0 Å². The molecule has 0 amide bonds. The van der Waals surface area contributed by atoms with E-state index < -0.39 is 10.0 Å². The topological polar surface area (TPSA) is 99.9 Å². The van der Waals surface area contributed by atoms with Gasteiger partial charge >= 0.3 is 0 Å². The highest BCUT2D eigenvalue weighted by Crippen LogP contribution is 2.40. The van der Waals surface area contributed by atoms with Crippen molar-refractivity contribution in [3.05, 3.63) is 12.1 Å². The van der Waals surface area contributed by atoms with Crippen LogP contribution in [0.2, 0.25) is 0 Å². The van der Waals surface area contributed by atoms with Crippen LogP contribution in [0.15, 0.2) is 12.1 Å². The van der Waals surface area contributed by atoms with E-state index in [1.54, 1.807) is 0 Å². The Morgan fingerprint density at radius 3 is 2.00 bits per heavy atom. The molecule has 1 rings (SSSR count). The van der Waals surface area contributed by atoms with E-state index >= 15 is 0 Å². The van der Waals surface area contributed by atoms with Gasteiger partial charge in [0.25, 0.3) is 0 Å². The van der Waals surface area contributed by atoms with Crippen LogP contribution in [-0.4, -0.2) is 42.0 Å². The molecule has 0 bridgehead atoms. The number of rotatable bonds is 7. The molecule has 0 saturated heterocycles. The molecule has 7 nitrogen and oxygen atoms in total. The summed E-state index contributed by atoms with van der Waals surface area (Å²) in [4.78, 5) is 0. The van der Waals surface area contributed by atoms with Crippen LogP contribution >= 0.6 is 0 Å². The van der Waals surface area contributed by atoms with Gasteiger partial charge in [0.05, 0.1) is 32.8 Å². The van der Waals surface area contributed by atoms with Gasteiger partial charge in [-0.1, -0.05) is 0 Å². The van der Waals surface area contributed by atoms with E-state index in [2.05, 4.69) is 4.72 Å². The number of ether oxygens (including phenoxy) is 3. The van der Waals surface area contributed by atoms with Gasteiger partial charge in [-0.05, 0) is 0 Å². The van der Waals surface area contributed by atoms with Crippen molar-refractivity contribution in [1.29, 1.82) is 0 Å². The standard InChI is InChI=1S/C11H18N2O5S/c1-16-9-6-8(13-19(14,15)5-4-12)7-10(17-2)11(9)18-3/h6-7,13H,4-5,12H2,1-3H3. The molecule has 0 saturated carbocycles. The third-order valence-electron chi connectivity index (χ3n) is 2.32. The zero-order valence-electron chi connectivity index (χ0n) is 11.1. The van der Waals surface area contributed by atoms with Crippen molar-refractivity contribution in [2.75, 3.05) is 38.3 Å².